The Morgan fingerprint density at radius 3 is 1.17 bits per heavy atom. The fraction of sp³-hybridized carbons (Fsp3) is 0.286. The molecule has 6 rings (SSSR count). The maximum Gasteiger partial charge on any atom is 0.534 e. The third-order valence-electron chi connectivity index (χ3n) is 8.48. The summed E-state index contributed by atoms with van der Waals surface area (Å²) >= 11 is 0. The molecule has 392 valence electrons. The van der Waals surface area contributed by atoms with Gasteiger partial charge in [-0.05, 0) is 54.0 Å². The highest BCUT2D eigenvalue weighted by atomic mass is 35.5. The van der Waals surface area contributed by atoms with Crippen molar-refractivity contribution >= 4 is 75.1 Å². The molecule has 0 unspecified atom stereocenters. The van der Waals surface area contributed by atoms with E-state index in [2.05, 4.69) is 29.9 Å². The zero-order chi connectivity index (χ0) is 53.2. The number of ether oxygens (including phenoxy) is 2. The average Bonchev–Trinajstić information content (AvgIpc) is 3.27. The molecule has 0 atom stereocenters. The highest BCUT2D eigenvalue weighted by Crippen LogP contribution is 2.36. The van der Waals surface area contributed by atoms with Gasteiger partial charge in [-0.2, -0.15) is 64.8 Å². The smallest absolute Gasteiger partial charge is 0.508 e. The molecule has 0 aliphatic carbocycles. The Labute approximate surface area is 403 Å². The number of aliphatic hydroxyl groups is 1. The number of hydrogen-bond donors (Lipinski definition) is 4. The van der Waals surface area contributed by atoms with Crippen LogP contribution in [0.4, 0.5) is 39.5 Å². The molecule has 0 heterocycles. The Bertz CT molecular complexity index is 2870. The Morgan fingerprint density at radius 1 is 0.486 bits per heavy atom. The molecule has 0 saturated carbocycles. The van der Waals surface area contributed by atoms with E-state index in [1.165, 1.54) is 38.9 Å². The molecule has 6 aromatic rings. The standard InChI is InChI=1S/C12H9F3O4S.C11H10O2.C10H8O2.C6H15N.C2F6O5S2.CH4O.ClH/c1-18-9-6-8-4-2-3-5-10(8)11(7-9)19-20(16,17)12(13,14)15;1-13-9-6-8-4-2-3-5-10(8)11(12)7-9;11-8-5-7-3-1-2-4-9(7)10(12)6-8;1-4-7(5-2)6-3;3-1(4,5)14(9,10)13-15(11,12)2(6,7)8;1-2;/h2-7H,1H3;2-7,12H,1H3;1-6,11-12H;4-6H2,1-3H3;;2H,1H3;1H. The second kappa shape index (κ2) is 27.6. The van der Waals surface area contributed by atoms with Crippen molar-refractivity contribution in [3.8, 4) is 34.5 Å². The monoisotopic (exact) mass is 1090 g/mol. The summed E-state index contributed by atoms with van der Waals surface area (Å²) in [5, 5.41) is 39.3. The lowest BCUT2D eigenvalue weighted by molar-refractivity contribution is -0.0586. The van der Waals surface area contributed by atoms with Crippen LogP contribution in [-0.4, -0.2) is 108 Å². The lowest BCUT2D eigenvalue weighted by Crippen LogP contribution is -2.34. The molecule has 0 saturated heterocycles. The molecule has 0 spiro atoms. The number of rotatable bonds is 9. The summed E-state index contributed by atoms with van der Waals surface area (Å²) in [6.07, 6.45) is 0. The van der Waals surface area contributed by atoms with Gasteiger partial charge in [0.15, 0.2) is 5.75 Å². The molecule has 0 aromatic heterocycles. The maximum atomic E-state index is 12.4. The van der Waals surface area contributed by atoms with E-state index in [-0.39, 0.29) is 40.8 Å². The molecule has 15 nitrogen and oxygen atoms in total. The third-order valence-corrected chi connectivity index (χ3v) is 12.0. The van der Waals surface area contributed by atoms with Crippen LogP contribution in [0.15, 0.2) is 109 Å². The fourth-order valence-electron chi connectivity index (χ4n) is 5.12. The van der Waals surface area contributed by atoms with Crippen LogP contribution in [0.3, 0.4) is 0 Å². The van der Waals surface area contributed by atoms with E-state index < -0.39 is 52.6 Å². The SMILES string of the molecule is CCN(CC)CC.CO.COc1cc(O)c2ccccc2c1.COc1cc(OS(=O)(=O)C(F)(F)F)c2ccccc2c1.Cl.O=S(=O)(OS(=O)(=O)C(F)(F)F)C(F)(F)F.Oc1cc(O)c2ccccc2c1. The van der Waals surface area contributed by atoms with Gasteiger partial charge in [-0.1, -0.05) is 93.6 Å². The van der Waals surface area contributed by atoms with E-state index in [1.807, 2.05) is 58.2 Å². The number of halogens is 10. The summed E-state index contributed by atoms with van der Waals surface area (Å²) in [5.74, 6) is 0.899. The van der Waals surface area contributed by atoms with E-state index in [1.54, 1.807) is 43.5 Å². The highest BCUT2D eigenvalue weighted by molar-refractivity contribution is 8.00. The molecule has 0 bridgehead atoms. The maximum absolute atomic E-state index is 12.4. The molecule has 4 N–H and O–H groups in total. The Kier molecular flexibility index (Phi) is 25.4. The van der Waals surface area contributed by atoms with Gasteiger partial charge in [0, 0.05) is 41.5 Å². The van der Waals surface area contributed by atoms with Gasteiger partial charge in [-0.25, -0.2) is 0 Å². The highest BCUT2D eigenvalue weighted by Gasteiger charge is 2.57. The van der Waals surface area contributed by atoms with Crippen molar-refractivity contribution in [2.75, 3.05) is 41.0 Å². The molecule has 0 amide bonds. The van der Waals surface area contributed by atoms with E-state index in [4.69, 9.17) is 19.7 Å². The fourth-order valence-corrected chi connectivity index (χ4v) is 7.15. The van der Waals surface area contributed by atoms with Gasteiger partial charge >= 0.3 is 46.9 Å². The predicted molar refractivity (Wildman–Crippen MR) is 245 cm³/mol. The van der Waals surface area contributed by atoms with Gasteiger partial charge in [0.05, 0.1) is 14.2 Å². The minimum absolute atomic E-state index is 0. The summed E-state index contributed by atoms with van der Waals surface area (Å²) in [5.41, 5.74) is -18.0. The first kappa shape index (κ1) is 64.3. The molecule has 0 aliphatic rings. The quantitative estimate of drug-likeness (QED) is 0.0601. The summed E-state index contributed by atoms with van der Waals surface area (Å²) in [6.45, 7) is 10.1. The zero-order valence-corrected chi connectivity index (χ0v) is 40.6. The normalized spacial score (nSPS) is 11.6. The number of fused-ring (bicyclic) bond motifs is 3. The van der Waals surface area contributed by atoms with Crippen LogP contribution < -0.4 is 13.7 Å². The van der Waals surface area contributed by atoms with E-state index in [0.29, 0.717) is 11.1 Å². The number of phenols is 3. The molecule has 70 heavy (non-hydrogen) atoms. The number of nitrogens with zero attached hydrogens (tertiary/aromatic N) is 1. The lowest BCUT2D eigenvalue weighted by atomic mass is 10.1. The van der Waals surface area contributed by atoms with E-state index >= 15 is 0 Å². The number of aliphatic hydroxyl groups excluding tert-OH is 1. The lowest BCUT2D eigenvalue weighted by Gasteiger charge is -2.13. The largest absolute Gasteiger partial charge is 0.534 e. The van der Waals surface area contributed by atoms with Crippen molar-refractivity contribution < 1.29 is 102 Å². The predicted octanol–water partition coefficient (Wildman–Crippen LogP) is 9.96. The van der Waals surface area contributed by atoms with Crippen molar-refractivity contribution in [1.29, 1.82) is 0 Å². The molecule has 0 aliphatic heterocycles. The molecular weight excluding hydrogens is 1050 g/mol. The van der Waals surface area contributed by atoms with Crippen LogP contribution in [0.2, 0.25) is 0 Å². The number of hydrogen-bond acceptors (Lipinski definition) is 15. The molecule has 0 radical (unpaired) electrons. The van der Waals surface area contributed by atoms with Crippen molar-refractivity contribution in [3.05, 3.63) is 109 Å². The van der Waals surface area contributed by atoms with Crippen molar-refractivity contribution in [3.63, 3.8) is 0 Å². The Hall–Kier alpha value is -5.71. The van der Waals surface area contributed by atoms with Gasteiger partial charge in [-0.3, -0.25) is 0 Å². The first-order chi connectivity index (χ1) is 31.9. The van der Waals surface area contributed by atoms with Gasteiger partial charge in [-0.15, -0.1) is 16.0 Å². The van der Waals surface area contributed by atoms with Crippen LogP contribution in [0, 0.1) is 0 Å². The number of methoxy groups -OCH3 is 2. The van der Waals surface area contributed by atoms with Gasteiger partial charge < -0.3 is 39.0 Å². The summed E-state index contributed by atoms with van der Waals surface area (Å²) in [4.78, 5) is 2.38. The third kappa shape index (κ3) is 18.9. The second-order valence-electron chi connectivity index (χ2n) is 12.9. The summed E-state index contributed by atoms with van der Waals surface area (Å²) in [6, 6.07) is 30.4. The summed E-state index contributed by atoms with van der Waals surface area (Å²) < 4.78 is 183. The molecular formula is C42H47ClF9NO14S3. The van der Waals surface area contributed by atoms with Crippen molar-refractivity contribution in [2.45, 2.75) is 37.3 Å². The van der Waals surface area contributed by atoms with E-state index in [9.17, 15) is 75.0 Å². The second-order valence-corrected chi connectivity index (χ2v) is 17.7. The van der Waals surface area contributed by atoms with Gasteiger partial charge in [0.25, 0.3) is 0 Å². The Balaban J connectivity index is 0.000000865. The van der Waals surface area contributed by atoms with Crippen LogP contribution in [0.5, 0.6) is 34.5 Å². The molecule has 6 aromatic carbocycles. The molecule has 0 fully saturated rings. The number of alkyl halides is 9. The Morgan fingerprint density at radius 2 is 0.814 bits per heavy atom. The first-order valence-corrected chi connectivity index (χ1v) is 23.4. The van der Waals surface area contributed by atoms with Crippen LogP contribution >= 0.6 is 12.4 Å². The number of aromatic hydroxyl groups is 3. The van der Waals surface area contributed by atoms with Crippen molar-refractivity contribution in [1.82, 2.24) is 4.90 Å². The van der Waals surface area contributed by atoms with Crippen molar-refractivity contribution in [2.24, 2.45) is 0 Å². The number of benzene rings is 6. The molecule has 28 heteroatoms. The zero-order valence-electron chi connectivity index (χ0n) is 37.4. The average molecular weight is 1090 g/mol. The van der Waals surface area contributed by atoms with Crippen LogP contribution in [0.1, 0.15) is 20.8 Å². The van der Waals surface area contributed by atoms with Gasteiger partial charge in [0.1, 0.15) is 28.7 Å². The van der Waals surface area contributed by atoms with E-state index in [0.717, 1.165) is 34.7 Å². The minimum Gasteiger partial charge on any atom is -0.508 e. The number of phenolic OH excluding ortho intramolecular Hbond substituents is 3. The van der Waals surface area contributed by atoms with Crippen LogP contribution in [0.25, 0.3) is 32.3 Å². The van der Waals surface area contributed by atoms with Gasteiger partial charge in [0.2, 0.25) is 0 Å². The first-order valence-electron chi connectivity index (χ1n) is 19.1. The minimum atomic E-state index is -6.85. The van der Waals surface area contributed by atoms with Crippen LogP contribution in [-0.2, 0) is 34.0 Å². The summed E-state index contributed by atoms with van der Waals surface area (Å²) in [7, 11) is -15.5. The topological polar surface area (TPSA) is 223 Å².